The van der Waals surface area contributed by atoms with Crippen LogP contribution in [-0.2, 0) is 9.84 Å². The van der Waals surface area contributed by atoms with E-state index in [1.807, 2.05) is 12.1 Å². The van der Waals surface area contributed by atoms with Crippen molar-refractivity contribution in [2.75, 3.05) is 12.3 Å². The maximum atomic E-state index is 12.2. The molecule has 1 saturated carbocycles. The van der Waals surface area contributed by atoms with Crippen LogP contribution in [0, 0.1) is 0 Å². The second-order valence-electron chi connectivity index (χ2n) is 5.84. The third kappa shape index (κ3) is 4.30. The number of benzene rings is 1. The Bertz CT molecular complexity index is 533. The number of rotatable bonds is 7. The standard InChI is InChI=1S/C15H23NO3S/c1-11(2)12-3-7-15(8-4-12)20(18,19)10-14(17)9-16-13-5-6-13/h3-4,7-8,11,13-14,16-17H,5-6,9-10H2,1-2H3. The minimum atomic E-state index is -3.42. The summed E-state index contributed by atoms with van der Waals surface area (Å²) < 4.78 is 24.4. The zero-order chi connectivity index (χ0) is 14.8. The molecule has 2 rings (SSSR count). The van der Waals surface area contributed by atoms with Crippen LogP contribution in [0.1, 0.15) is 38.2 Å². The first-order valence-electron chi connectivity index (χ1n) is 7.12. The van der Waals surface area contributed by atoms with Crippen LogP contribution < -0.4 is 5.32 Å². The molecule has 1 aromatic rings. The number of hydrogen-bond donors (Lipinski definition) is 2. The predicted octanol–water partition coefficient (Wildman–Crippen LogP) is 1.70. The average Bonchev–Trinajstić information content (AvgIpc) is 3.20. The highest BCUT2D eigenvalue weighted by atomic mass is 32.2. The van der Waals surface area contributed by atoms with Crippen molar-refractivity contribution in [3.05, 3.63) is 29.8 Å². The van der Waals surface area contributed by atoms with Gasteiger partial charge in [-0.1, -0.05) is 26.0 Å². The molecule has 4 nitrogen and oxygen atoms in total. The van der Waals surface area contributed by atoms with E-state index in [4.69, 9.17) is 0 Å². The summed E-state index contributed by atoms with van der Waals surface area (Å²) >= 11 is 0. The van der Waals surface area contributed by atoms with Crippen molar-refractivity contribution in [3.63, 3.8) is 0 Å². The van der Waals surface area contributed by atoms with Gasteiger partial charge in [-0.2, -0.15) is 0 Å². The molecule has 0 amide bonds. The van der Waals surface area contributed by atoms with Crippen LogP contribution in [0.15, 0.2) is 29.2 Å². The Kier molecular flexibility index (Phi) is 4.83. The van der Waals surface area contributed by atoms with E-state index in [1.165, 1.54) is 0 Å². The second-order valence-corrected chi connectivity index (χ2v) is 7.88. The summed E-state index contributed by atoms with van der Waals surface area (Å²) in [6, 6.07) is 7.41. The first-order valence-corrected chi connectivity index (χ1v) is 8.78. The van der Waals surface area contributed by atoms with Crippen molar-refractivity contribution in [2.24, 2.45) is 0 Å². The highest BCUT2D eigenvalue weighted by Crippen LogP contribution is 2.20. The summed E-state index contributed by atoms with van der Waals surface area (Å²) in [5.74, 6) is 0.147. The SMILES string of the molecule is CC(C)c1ccc(S(=O)(=O)CC(O)CNC2CC2)cc1. The summed E-state index contributed by atoms with van der Waals surface area (Å²) in [6.45, 7) is 4.47. The van der Waals surface area contributed by atoms with Gasteiger partial charge in [0.15, 0.2) is 9.84 Å². The molecule has 0 radical (unpaired) electrons. The molecule has 2 N–H and O–H groups in total. The van der Waals surface area contributed by atoms with Gasteiger partial charge in [0.1, 0.15) is 0 Å². The molecule has 1 fully saturated rings. The van der Waals surface area contributed by atoms with Crippen LogP contribution in [0.3, 0.4) is 0 Å². The summed E-state index contributed by atoms with van der Waals surface area (Å²) in [4.78, 5) is 0.285. The van der Waals surface area contributed by atoms with Gasteiger partial charge < -0.3 is 10.4 Å². The van der Waals surface area contributed by atoms with Crippen molar-refractivity contribution >= 4 is 9.84 Å². The molecule has 0 aromatic heterocycles. The molecule has 1 unspecified atom stereocenters. The zero-order valence-corrected chi connectivity index (χ0v) is 12.9. The summed E-state index contributed by atoms with van der Waals surface area (Å²) in [7, 11) is -3.42. The molecule has 0 saturated heterocycles. The predicted molar refractivity (Wildman–Crippen MR) is 79.6 cm³/mol. The zero-order valence-electron chi connectivity index (χ0n) is 12.0. The molecule has 1 aliphatic carbocycles. The van der Waals surface area contributed by atoms with Crippen molar-refractivity contribution in [1.82, 2.24) is 5.32 Å². The minimum absolute atomic E-state index is 0.228. The third-order valence-corrected chi connectivity index (χ3v) is 5.35. The van der Waals surface area contributed by atoms with Gasteiger partial charge >= 0.3 is 0 Å². The highest BCUT2D eigenvalue weighted by Gasteiger charge is 2.24. The fourth-order valence-electron chi connectivity index (χ4n) is 2.06. The minimum Gasteiger partial charge on any atom is -0.391 e. The van der Waals surface area contributed by atoms with E-state index in [2.05, 4.69) is 19.2 Å². The number of hydrogen-bond acceptors (Lipinski definition) is 4. The van der Waals surface area contributed by atoms with E-state index in [1.54, 1.807) is 12.1 Å². The Morgan fingerprint density at radius 2 is 1.85 bits per heavy atom. The van der Waals surface area contributed by atoms with Crippen molar-refractivity contribution in [2.45, 2.75) is 49.6 Å². The highest BCUT2D eigenvalue weighted by molar-refractivity contribution is 7.91. The van der Waals surface area contributed by atoms with Gasteiger partial charge in [-0.15, -0.1) is 0 Å². The van der Waals surface area contributed by atoms with Crippen LogP contribution in [0.5, 0.6) is 0 Å². The van der Waals surface area contributed by atoms with Gasteiger partial charge in [-0.3, -0.25) is 0 Å². The molecule has 1 atom stereocenters. The molecule has 1 aliphatic rings. The summed E-state index contributed by atoms with van der Waals surface area (Å²) in [5, 5.41) is 13.0. The lowest BCUT2D eigenvalue weighted by atomic mass is 10.0. The monoisotopic (exact) mass is 297 g/mol. The number of nitrogens with one attached hydrogen (secondary N) is 1. The van der Waals surface area contributed by atoms with Crippen LogP contribution in [0.25, 0.3) is 0 Å². The normalized spacial score (nSPS) is 17.4. The van der Waals surface area contributed by atoms with Crippen molar-refractivity contribution in [1.29, 1.82) is 0 Å². The average molecular weight is 297 g/mol. The van der Waals surface area contributed by atoms with Gasteiger partial charge in [0.2, 0.25) is 0 Å². The number of sulfone groups is 1. The summed E-state index contributed by atoms with van der Waals surface area (Å²) in [5.41, 5.74) is 1.11. The van der Waals surface area contributed by atoms with E-state index in [0.29, 0.717) is 18.5 Å². The van der Waals surface area contributed by atoms with Crippen LogP contribution in [0.2, 0.25) is 0 Å². The quantitative estimate of drug-likeness (QED) is 0.804. The Morgan fingerprint density at radius 1 is 1.25 bits per heavy atom. The van der Waals surface area contributed by atoms with E-state index < -0.39 is 15.9 Å². The molecular formula is C15H23NO3S. The fourth-order valence-corrected chi connectivity index (χ4v) is 3.43. The van der Waals surface area contributed by atoms with E-state index in [9.17, 15) is 13.5 Å². The maximum Gasteiger partial charge on any atom is 0.180 e. The van der Waals surface area contributed by atoms with E-state index in [0.717, 1.165) is 18.4 Å². The number of aliphatic hydroxyl groups excluding tert-OH is 1. The first kappa shape index (κ1) is 15.5. The van der Waals surface area contributed by atoms with Crippen LogP contribution in [-0.4, -0.2) is 38.0 Å². The smallest absolute Gasteiger partial charge is 0.180 e. The first-order chi connectivity index (χ1) is 9.38. The van der Waals surface area contributed by atoms with Crippen LogP contribution in [0.4, 0.5) is 0 Å². The Labute approximate surface area is 121 Å². The lowest BCUT2D eigenvalue weighted by molar-refractivity contribution is 0.193. The fraction of sp³-hybridized carbons (Fsp3) is 0.600. The molecule has 1 aromatic carbocycles. The largest absolute Gasteiger partial charge is 0.391 e. The van der Waals surface area contributed by atoms with Gasteiger partial charge in [-0.25, -0.2) is 8.42 Å². The topological polar surface area (TPSA) is 66.4 Å². The number of aliphatic hydroxyl groups is 1. The van der Waals surface area contributed by atoms with Gasteiger partial charge in [0.05, 0.1) is 16.8 Å². The molecule has 0 spiro atoms. The van der Waals surface area contributed by atoms with Crippen molar-refractivity contribution in [3.8, 4) is 0 Å². The lowest BCUT2D eigenvalue weighted by Gasteiger charge is -2.13. The summed E-state index contributed by atoms with van der Waals surface area (Å²) in [6.07, 6.45) is 1.39. The van der Waals surface area contributed by atoms with Gasteiger partial charge in [-0.05, 0) is 36.5 Å². The molecule has 20 heavy (non-hydrogen) atoms. The van der Waals surface area contributed by atoms with Crippen LogP contribution >= 0.6 is 0 Å². The molecule has 0 bridgehead atoms. The molecule has 112 valence electrons. The third-order valence-electron chi connectivity index (χ3n) is 3.54. The second kappa shape index (κ2) is 6.24. The Hall–Kier alpha value is -0.910. The Morgan fingerprint density at radius 3 is 2.35 bits per heavy atom. The van der Waals surface area contributed by atoms with E-state index >= 15 is 0 Å². The molecule has 0 heterocycles. The Balaban J connectivity index is 1.97. The molecule has 5 heteroatoms. The molecule has 0 aliphatic heterocycles. The lowest BCUT2D eigenvalue weighted by Crippen LogP contribution is -2.33. The van der Waals surface area contributed by atoms with Gasteiger partial charge in [0.25, 0.3) is 0 Å². The van der Waals surface area contributed by atoms with E-state index in [-0.39, 0.29) is 10.6 Å². The maximum absolute atomic E-state index is 12.2. The van der Waals surface area contributed by atoms with Crippen molar-refractivity contribution < 1.29 is 13.5 Å². The molecular weight excluding hydrogens is 274 g/mol. The van der Waals surface area contributed by atoms with Gasteiger partial charge in [0, 0.05) is 12.6 Å².